The van der Waals surface area contributed by atoms with E-state index in [9.17, 15) is 9.59 Å². The first-order chi connectivity index (χ1) is 8.58. The van der Waals surface area contributed by atoms with Crippen molar-refractivity contribution in [1.29, 1.82) is 0 Å². The highest BCUT2D eigenvalue weighted by Gasteiger charge is 2.16. The fraction of sp³-hybridized carbons (Fsp3) is 0.182. The lowest BCUT2D eigenvalue weighted by Gasteiger charge is -2.06. The predicted molar refractivity (Wildman–Crippen MR) is 67.6 cm³/mol. The standard InChI is InChI=1S/C11H11N3O3S/c12-6(11(16)17)5-13-9(15)10-14-7-3-1-2-4-8(7)18-10/h1-4,6H,5,12H2,(H,13,15)(H,16,17)/t6-/m0/s1. The van der Waals surface area contributed by atoms with E-state index in [0.717, 1.165) is 10.2 Å². The van der Waals surface area contributed by atoms with Crippen LogP contribution in [0, 0.1) is 0 Å². The fourth-order valence-corrected chi connectivity index (χ4v) is 2.22. The molecular formula is C11H11N3O3S. The van der Waals surface area contributed by atoms with Crippen LogP contribution in [0.15, 0.2) is 24.3 Å². The Hall–Kier alpha value is -1.99. The molecule has 1 heterocycles. The first kappa shape index (κ1) is 12.5. The van der Waals surface area contributed by atoms with Crippen molar-refractivity contribution in [1.82, 2.24) is 10.3 Å². The van der Waals surface area contributed by atoms with Gasteiger partial charge < -0.3 is 16.2 Å². The second kappa shape index (κ2) is 5.11. The van der Waals surface area contributed by atoms with Crippen LogP contribution in [0.3, 0.4) is 0 Å². The average molecular weight is 265 g/mol. The molecule has 0 saturated carbocycles. The first-order valence-electron chi connectivity index (χ1n) is 5.20. The number of aromatic nitrogens is 1. The van der Waals surface area contributed by atoms with Gasteiger partial charge in [-0.1, -0.05) is 12.1 Å². The summed E-state index contributed by atoms with van der Waals surface area (Å²) in [5.41, 5.74) is 6.03. The van der Waals surface area contributed by atoms with Crippen LogP contribution in [0.2, 0.25) is 0 Å². The number of para-hydroxylation sites is 1. The van der Waals surface area contributed by atoms with E-state index < -0.39 is 17.9 Å². The maximum absolute atomic E-state index is 11.7. The van der Waals surface area contributed by atoms with E-state index in [1.165, 1.54) is 11.3 Å². The van der Waals surface area contributed by atoms with Crippen LogP contribution in [0.4, 0.5) is 0 Å². The number of aliphatic carboxylic acids is 1. The van der Waals surface area contributed by atoms with E-state index in [-0.39, 0.29) is 6.54 Å². The second-order valence-electron chi connectivity index (χ2n) is 3.64. The van der Waals surface area contributed by atoms with E-state index in [1.54, 1.807) is 0 Å². The van der Waals surface area contributed by atoms with Crippen molar-refractivity contribution < 1.29 is 14.7 Å². The van der Waals surface area contributed by atoms with Crippen LogP contribution in [0.5, 0.6) is 0 Å². The molecule has 2 aromatic rings. The Balaban J connectivity index is 2.07. The zero-order valence-electron chi connectivity index (χ0n) is 9.29. The molecule has 0 bridgehead atoms. The molecule has 0 aliphatic carbocycles. The number of rotatable bonds is 4. The molecule has 0 aliphatic heterocycles. The number of nitrogens with two attached hydrogens (primary N) is 1. The molecule has 4 N–H and O–H groups in total. The summed E-state index contributed by atoms with van der Waals surface area (Å²) in [7, 11) is 0. The van der Waals surface area contributed by atoms with Crippen molar-refractivity contribution in [3.63, 3.8) is 0 Å². The molecule has 0 saturated heterocycles. The third-order valence-corrected chi connectivity index (χ3v) is 3.32. The molecule has 18 heavy (non-hydrogen) atoms. The Kier molecular flexibility index (Phi) is 3.54. The Labute approximate surface area is 106 Å². The second-order valence-corrected chi connectivity index (χ2v) is 4.67. The minimum Gasteiger partial charge on any atom is -0.480 e. The van der Waals surface area contributed by atoms with Gasteiger partial charge in [0, 0.05) is 6.54 Å². The lowest BCUT2D eigenvalue weighted by atomic mass is 10.3. The smallest absolute Gasteiger partial charge is 0.322 e. The van der Waals surface area contributed by atoms with Gasteiger partial charge in [-0.15, -0.1) is 11.3 Å². The van der Waals surface area contributed by atoms with Gasteiger partial charge in [0.25, 0.3) is 5.91 Å². The quantitative estimate of drug-likeness (QED) is 0.743. The van der Waals surface area contributed by atoms with Gasteiger partial charge in [-0.05, 0) is 12.1 Å². The van der Waals surface area contributed by atoms with Crippen molar-refractivity contribution in [3.05, 3.63) is 29.3 Å². The normalized spacial score (nSPS) is 12.3. The van der Waals surface area contributed by atoms with Gasteiger partial charge in [0.2, 0.25) is 0 Å². The largest absolute Gasteiger partial charge is 0.480 e. The molecule has 0 radical (unpaired) electrons. The summed E-state index contributed by atoms with van der Waals surface area (Å²) < 4.78 is 0.908. The molecule has 0 fully saturated rings. The highest BCUT2D eigenvalue weighted by molar-refractivity contribution is 7.20. The van der Waals surface area contributed by atoms with Gasteiger partial charge >= 0.3 is 5.97 Å². The van der Waals surface area contributed by atoms with E-state index in [0.29, 0.717) is 5.01 Å². The molecule has 0 aliphatic rings. The molecule has 6 nitrogen and oxygen atoms in total. The van der Waals surface area contributed by atoms with Crippen molar-refractivity contribution in [2.75, 3.05) is 6.54 Å². The number of carboxylic acid groups (broad SMARTS) is 1. The lowest BCUT2D eigenvalue weighted by molar-refractivity contribution is -0.138. The number of amides is 1. The van der Waals surface area contributed by atoms with Crippen LogP contribution >= 0.6 is 11.3 Å². The number of carboxylic acids is 1. The van der Waals surface area contributed by atoms with Crippen molar-refractivity contribution in [2.24, 2.45) is 5.73 Å². The first-order valence-corrected chi connectivity index (χ1v) is 6.01. The van der Waals surface area contributed by atoms with Gasteiger partial charge in [0.15, 0.2) is 5.01 Å². The maximum Gasteiger partial charge on any atom is 0.322 e. The van der Waals surface area contributed by atoms with Gasteiger partial charge in [-0.25, -0.2) is 4.98 Å². The maximum atomic E-state index is 11.7. The molecule has 94 valence electrons. The SMILES string of the molecule is N[C@@H](CNC(=O)c1nc2ccccc2s1)C(=O)O. The molecule has 0 spiro atoms. The number of nitrogens with one attached hydrogen (secondary N) is 1. The molecule has 1 amide bonds. The monoisotopic (exact) mass is 265 g/mol. The Morgan fingerprint density at radius 2 is 2.17 bits per heavy atom. The average Bonchev–Trinajstić information content (AvgIpc) is 2.79. The number of carbonyl (C=O) groups excluding carboxylic acids is 1. The van der Waals surface area contributed by atoms with Crippen LogP contribution in [-0.4, -0.2) is 34.6 Å². The van der Waals surface area contributed by atoms with Gasteiger partial charge in [0.1, 0.15) is 6.04 Å². The van der Waals surface area contributed by atoms with Crippen LogP contribution in [0.1, 0.15) is 9.80 Å². The minimum absolute atomic E-state index is 0.121. The van der Waals surface area contributed by atoms with E-state index in [1.807, 2.05) is 24.3 Å². The fourth-order valence-electron chi connectivity index (χ4n) is 1.33. The Bertz CT molecular complexity index is 563. The number of fused-ring (bicyclic) bond motifs is 1. The molecule has 1 aromatic carbocycles. The summed E-state index contributed by atoms with van der Waals surface area (Å²) in [6.07, 6.45) is 0. The summed E-state index contributed by atoms with van der Waals surface area (Å²) in [5, 5.41) is 11.3. The molecule has 7 heteroatoms. The molecule has 0 unspecified atom stereocenters. The molecule has 2 rings (SSSR count). The highest BCUT2D eigenvalue weighted by atomic mass is 32.1. The molecule has 1 atom stereocenters. The summed E-state index contributed by atoms with van der Waals surface area (Å²) in [6, 6.07) is 6.27. The number of nitrogens with zero attached hydrogens (tertiary/aromatic N) is 1. The van der Waals surface area contributed by atoms with Gasteiger partial charge in [-0.2, -0.15) is 0 Å². The highest BCUT2D eigenvalue weighted by Crippen LogP contribution is 2.21. The lowest BCUT2D eigenvalue weighted by Crippen LogP contribution is -2.42. The van der Waals surface area contributed by atoms with Gasteiger partial charge in [-0.3, -0.25) is 9.59 Å². The summed E-state index contributed by atoms with van der Waals surface area (Å²) >= 11 is 1.25. The van der Waals surface area contributed by atoms with Crippen LogP contribution in [-0.2, 0) is 4.79 Å². The number of hydrogen-bond acceptors (Lipinski definition) is 5. The van der Waals surface area contributed by atoms with Crippen molar-refractivity contribution in [3.8, 4) is 0 Å². The predicted octanol–water partition coefficient (Wildman–Crippen LogP) is 0.438. The molecular weight excluding hydrogens is 254 g/mol. The summed E-state index contributed by atoms with van der Waals surface area (Å²) in [5.74, 6) is -1.56. The summed E-state index contributed by atoms with van der Waals surface area (Å²) in [6.45, 7) is -0.121. The third-order valence-electron chi connectivity index (χ3n) is 2.29. The number of thiazole rings is 1. The van der Waals surface area contributed by atoms with Crippen molar-refractivity contribution in [2.45, 2.75) is 6.04 Å². The Morgan fingerprint density at radius 1 is 1.44 bits per heavy atom. The van der Waals surface area contributed by atoms with Gasteiger partial charge in [0.05, 0.1) is 10.2 Å². The van der Waals surface area contributed by atoms with E-state index in [2.05, 4.69) is 10.3 Å². The topological polar surface area (TPSA) is 105 Å². The minimum atomic E-state index is -1.15. The third kappa shape index (κ3) is 2.63. The van der Waals surface area contributed by atoms with E-state index in [4.69, 9.17) is 10.8 Å². The summed E-state index contributed by atoms with van der Waals surface area (Å²) in [4.78, 5) is 26.4. The number of carbonyl (C=O) groups is 2. The van der Waals surface area contributed by atoms with Crippen molar-refractivity contribution >= 4 is 33.4 Å². The Morgan fingerprint density at radius 3 is 2.83 bits per heavy atom. The number of hydrogen-bond donors (Lipinski definition) is 3. The van der Waals surface area contributed by atoms with Crippen LogP contribution in [0.25, 0.3) is 10.2 Å². The zero-order chi connectivity index (χ0) is 13.1. The van der Waals surface area contributed by atoms with E-state index >= 15 is 0 Å². The zero-order valence-corrected chi connectivity index (χ0v) is 10.1. The van der Waals surface area contributed by atoms with Crippen LogP contribution < -0.4 is 11.1 Å². The number of benzene rings is 1. The molecule has 1 aromatic heterocycles.